The zero-order valence-electron chi connectivity index (χ0n) is 18.4. The first-order valence-electron chi connectivity index (χ1n) is 10.6. The highest BCUT2D eigenvalue weighted by Gasteiger charge is 2.21. The summed E-state index contributed by atoms with van der Waals surface area (Å²) in [6.45, 7) is 12.2. The number of para-hydroxylation sites is 1. The second-order valence-corrected chi connectivity index (χ2v) is 8.34. The minimum atomic E-state index is 0.0477. The minimum Gasteiger partial charge on any atom is -0.493 e. The van der Waals surface area contributed by atoms with E-state index < -0.39 is 0 Å². The van der Waals surface area contributed by atoms with E-state index in [-0.39, 0.29) is 5.91 Å². The molecule has 0 unspecified atom stereocenters. The van der Waals surface area contributed by atoms with Crippen LogP contribution in [0.2, 0.25) is 0 Å². The Kier molecular flexibility index (Phi) is 7.82. The molecule has 30 heavy (non-hydrogen) atoms. The van der Waals surface area contributed by atoms with Gasteiger partial charge in [-0.2, -0.15) is 0 Å². The van der Waals surface area contributed by atoms with Gasteiger partial charge in [0.05, 0.1) is 23.2 Å². The molecule has 1 aromatic heterocycles. The van der Waals surface area contributed by atoms with Gasteiger partial charge in [-0.15, -0.1) is 0 Å². The van der Waals surface area contributed by atoms with E-state index in [1.165, 1.54) is 11.1 Å². The average molecular weight is 426 g/mol. The van der Waals surface area contributed by atoms with Crippen LogP contribution in [0.3, 0.4) is 0 Å². The van der Waals surface area contributed by atoms with E-state index in [0.29, 0.717) is 19.6 Å². The van der Waals surface area contributed by atoms with Crippen molar-refractivity contribution >= 4 is 32.6 Å². The number of aromatic nitrogens is 1. The standard InChI is InChI=1S/C24H31N3O2S/c1-5-26(6-2)15-16-27(22(28)14-17-29-20-10-8-7-9-11-20)24-25-23-19(4)18(3)12-13-21(23)30-24/h7-13H,5-6,14-17H2,1-4H3. The topological polar surface area (TPSA) is 45.7 Å². The van der Waals surface area contributed by atoms with E-state index in [4.69, 9.17) is 9.72 Å². The van der Waals surface area contributed by atoms with Gasteiger partial charge < -0.3 is 9.64 Å². The molecule has 6 heteroatoms. The van der Waals surface area contributed by atoms with Crippen LogP contribution >= 0.6 is 11.3 Å². The zero-order valence-corrected chi connectivity index (χ0v) is 19.2. The fraction of sp³-hybridized carbons (Fsp3) is 0.417. The first-order chi connectivity index (χ1) is 14.5. The molecule has 0 atom stereocenters. The van der Waals surface area contributed by atoms with Crippen LogP contribution in [0.4, 0.5) is 5.13 Å². The molecule has 5 nitrogen and oxygen atoms in total. The second kappa shape index (κ2) is 10.5. The van der Waals surface area contributed by atoms with E-state index in [1.54, 1.807) is 11.3 Å². The van der Waals surface area contributed by atoms with Gasteiger partial charge in [-0.05, 0) is 56.3 Å². The molecule has 2 aromatic carbocycles. The Balaban J connectivity index is 1.77. The fourth-order valence-corrected chi connectivity index (χ4v) is 4.41. The van der Waals surface area contributed by atoms with E-state index >= 15 is 0 Å². The summed E-state index contributed by atoms with van der Waals surface area (Å²) in [7, 11) is 0. The summed E-state index contributed by atoms with van der Waals surface area (Å²) >= 11 is 1.59. The van der Waals surface area contributed by atoms with Gasteiger partial charge in [0, 0.05) is 13.1 Å². The maximum absolute atomic E-state index is 13.1. The highest BCUT2D eigenvalue weighted by molar-refractivity contribution is 7.22. The lowest BCUT2D eigenvalue weighted by Gasteiger charge is -2.24. The molecule has 0 aliphatic rings. The summed E-state index contributed by atoms with van der Waals surface area (Å²) in [5.74, 6) is 0.831. The Morgan fingerprint density at radius 1 is 1.03 bits per heavy atom. The molecule has 0 saturated carbocycles. The lowest BCUT2D eigenvalue weighted by Crippen LogP contribution is -2.39. The molecule has 0 aliphatic heterocycles. The van der Waals surface area contributed by atoms with Crippen LogP contribution in [0.15, 0.2) is 42.5 Å². The van der Waals surface area contributed by atoms with E-state index in [0.717, 1.165) is 40.7 Å². The molecule has 0 radical (unpaired) electrons. The van der Waals surface area contributed by atoms with Crippen LogP contribution in [0.5, 0.6) is 5.75 Å². The summed E-state index contributed by atoms with van der Waals surface area (Å²) in [6, 6.07) is 13.8. The normalized spacial score (nSPS) is 11.2. The maximum atomic E-state index is 13.1. The molecule has 3 rings (SSSR count). The Morgan fingerprint density at radius 2 is 1.77 bits per heavy atom. The molecule has 0 aliphatic carbocycles. The monoisotopic (exact) mass is 425 g/mol. The molecule has 0 bridgehead atoms. The summed E-state index contributed by atoms with van der Waals surface area (Å²) in [5, 5.41) is 0.774. The summed E-state index contributed by atoms with van der Waals surface area (Å²) in [6.07, 6.45) is 0.321. The number of amides is 1. The molecule has 1 amide bonds. The SMILES string of the molecule is CCN(CC)CCN(C(=O)CCOc1ccccc1)c1nc2c(C)c(C)ccc2s1. The van der Waals surface area contributed by atoms with Crippen molar-refractivity contribution in [3.8, 4) is 5.75 Å². The number of fused-ring (bicyclic) bond motifs is 1. The third-order valence-corrected chi connectivity index (χ3v) is 6.51. The number of nitrogens with zero attached hydrogens (tertiary/aromatic N) is 3. The highest BCUT2D eigenvalue weighted by Crippen LogP contribution is 2.32. The molecular weight excluding hydrogens is 394 g/mol. The highest BCUT2D eigenvalue weighted by atomic mass is 32.1. The number of hydrogen-bond acceptors (Lipinski definition) is 5. The van der Waals surface area contributed by atoms with E-state index in [9.17, 15) is 4.79 Å². The average Bonchev–Trinajstić information content (AvgIpc) is 3.19. The fourth-order valence-electron chi connectivity index (χ4n) is 3.35. The largest absolute Gasteiger partial charge is 0.493 e. The predicted molar refractivity (Wildman–Crippen MR) is 126 cm³/mol. The number of benzene rings is 2. The smallest absolute Gasteiger partial charge is 0.232 e. The van der Waals surface area contributed by atoms with E-state index in [1.807, 2.05) is 35.2 Å². The van der Waals surface area contributed by atoms with Crippen molar-refractivity contribution in [1.29, 1.82) is 0 Å². The number of carbonyl (C=O) groups is 1. The number of likely N-dealkylation sites (N-methyl/N-ethyl adjacent to an activating group) is 1. The quantitative estimate of drug-likeness (QED) is 0.456. The van der Waals surface area contributed by atoms with Crippen LogP contribution in [0.1, 0.15) is 31.4 Å². The Hall–Kier alpha value is -2.44. The molecule has 1 heterocycles. The third-order valence-electron chi connectivity index (χ3n) is 5.47. The Morgan fingerprint density at radius 3 is 2.47 bits per heavy atom. The van der Waals surface area contributed by atoms with Crippen LogP contribution in [0.25, 0.3) is 10.2 Å². The molecular formula is C24H31N3O2S. The number of ether oxygens (including phenoxy) is 1. The number of hydrogen-bond donors (Lipinski definition) is 0. The van der Waals surface area contributed by atoms with Gasteiger partial charge in [-0.1, -0.05) is 49.4 Å². The molecule has 0 N–H and O–H groups in total. The summed E-state index contributed by atoms with van der Waals surface area (Å²) in [5.41, 5.74) is 3.39. The summed E-state index contributed by atoms with van der Waals surface area (Å²) < 4.78 is 6.87. The van der Waals surface area contributed by atoms with Crippen molar-refractivity contribution in [2.45, 2.75) is 34.1 Å². The molecule has 3 aromatic rings. The number of thiazole rings is 1. The Labute approximate surface area is 183 Å². The van der Waals surface area contributed by atoms with Gasteiger partial charge in [0.25, 0.3) is 0 Å². The third kappa shape index (κ3) is 5.37. The minimum absolute atomic E-state index is 0.0477. The number of anilines is 1. The maximum Gasteiger partial charge on any atom is 0.232 e. The van der Waals surface area contributed by atoms with Gasteiger partial charge in [0.2, 0.25) is 5.91 Å². The first kappa shape index (κ1) is 22.2. The van der Waals surface area contributed by atoms with Crippen molar-refractivity contribution in [2.24, 2.45) is 0 Å². The Bertz CT molecular complexity index is 967. The van der Waals surface area contributed by atoms with Gasteiger partial charge >= 0.3 is 0 Å². The first-order valence-corrected chi connectivity index (χ1v) is 11.4. The molecule has 160 valence electrons. The number of rotatable bonds is 10. The molecule has 0 spiro atoms. The van der Waals surface area contributed by atoms with Crippen LogP contribution in [-0.2, 0) is 4.79 Å². The molecule has 0 saturated heterocycles. The van der Waals surface area contributed by atoms with Crippen molar-refractivity contribution in [1.82, 2.24) is 9.88 Å². The van der Waals surface area contributed by atoms with Crippen molar-refractivity contribution in [3.63, 3.8) is 0 Å². The number of carbonyl (C=O) groups excluding carboxylic acids is 1. The van der Waals surface area contributed by atoms with Crippen LogP contribution < -0.4 is 9.64 Å². The van der Waals surface area contributed by atoms with Gasteiger partial charge in [-0.25, -0.2) is 4.98 Å². The molecule has 0 fully saturated rings. The van der Waals surface area contributed by atoms with Crippen molar-refractivity contribution < 1.29 is 9.53 Å². The number of aryl methyl sites for hydroxylation is 2. The second-order valence-electron chi connectivity index (χ2n) is 7.33. The van der Waals surface area contributed by atoms with Crippen molar-refractivity contribution in [3.05, 3.63) is 53.6 Å². The predicted octanol–water partition coefficient (Wildman–Crippen LogP) is 5.06. The van der Waals surface area contributed by atoms with Crippen LogP contribution in [-0.4, -0.2) is 48.6 Å². The van der Waals surface area contributed by atoms with Gasteiger partial charge in [-0.3, -0.25) is 9.69 Å². The summed E-state index contributed by atoms with van der Waals surface area (Å²) in [4.78, 5) is 22.2. The zero-order chi connectivity index (χ0) is 21.5. The lowest BCUT2D eigenvalue weighted by atomic mass is 10.1. The van der Waals surface area contributed by atoms with Gasteiger partial charge in [0.1, 0.15) is 5.75 Å². The van der Waals surface area contributed by atoms with Crippen LogP contribution in [0, 0.1) is 13.8 Å². The lowest BCUT2D eigenvalue weighted by molar-refractivity contribution is -0.119. The van der Waals surface area contributed by atoms with Crippen molar-refractivity contribution in [2.75, 3.05) is 37.7 Å². The van der Waals surface area contributed by atoms with E-state index in [2.05, 4.69) is 44.7 Å². The van der Waals surface area contributed by atoms with Gasteiger partial charge in [0.15, 0.2) is 5.13 Å².